The number of halogens is 2. The molecule has 5 nitrogen and oxygen atoms in total. The van der Waals surface area contributed by atoms with Crippen molar-refractivity contribution in [2.45, 2.75) is 32.5 Å². The number of thiophene rings is 1. The quantitative estimate of drug-likeness (QED) is 0.369. The average molecular weight is 522 g/mol. The number of nitrogens with one attached hydrogen (secondary N) is 1. The Morgan fingerprint density at radius 2 is 2.26 bits per heavy atom. The Kier molecular flexibility index (Phi) is 8.45. The van der Waals surface area contributed by atoms with E-state index >= 15 is 0 Å². The van der Waals surface area contributed by atoms with E-state index in [9.17, 15) is 0 Å². The summed E-state index contributed by atoms with van der Waals surface area (Å²) in [5.41, 5.74) is 2.66. The van der Waals surface area contributed by atoms with E-state index in [1.54, 1.807) is 4.88 Å². The van der Waals surface area contributed by atoms with Gasteiger partial charge in [-0.2, -0.15) is 0 Å². The molecule has 0 aliphatic carbocycles. The summed E-state index contributed by atoms with van der Waals surface area (Å²) in [4.78, 5) is 10.7. The zero-order valence-electron chi connectivity index (χ0n) is 16.4. The third kappa shape index (κ3) is 5.62. The van der Waals surface area contributed by atoms with Crippen LogP contribution in [0, 0.1) is 0 Å². The van der Waals surface area contributed by atoms with Crippen molar-refractivity contribution in [1.82, 2.24) is 19.7 Å². The van der Waals surface area contributed by atoms with Crippen molar-refractivity contribution in [3.8, 4) is 0 Å². The second-order valence-electron chi connectivity index (χ2n) is 6.98. The average Bonchev–Trinajstić information content (AvgIpc) is 3.20. The number of hydrogen-bond acceptors (Lipinski definition) is 3. The first-order chi connectivity index (χ1) is 12.5. The van der Waals surface area contributed by atoms with Crippen molar-refractivity contribution < 1.29 is 0 Å². The molecule has 1 aliphatic rings. The minimum absolute atomic E-state index is 0. The molecule has 0 radical (unpaired) electrons. The van der Waals surface area contributed by atoms with Gasteiger partial charge in [-0.15, -0.1) is 35.3 Å². The lowest BCUT2D eigenvalue weighted by Gasteiger charge is -2.33. The fourth-order valence-electron chi connectivity index (χ4n) is 3.44. The van der Waals surface area contributed by atoms with Crippen LogP contribution in [0.2, 0.25) is 5.02 Å². The minimum atomic E-state index is 0. The largest absolute Gasteiger partial charge is 0.355 e. The molecule has 0 aromatic carbocycles. The molecule has 2 aromatic rings. The van der Waals surface area contributed by atoms with Gasteiger partial charge in [0.15, 0.2) is 5.96 Å². The highest BCUT2D eigenvalue weighted by atomic mass is 127. The summed E-state index contributed by atoms with van der Waals surface area (Å²) in [6.45, 7) is 6.11. The number of guanidine groups is 1. The van der Waals surface area contributed by atoms with E-state index in [2.05, 4.69) is 50.1 Å². The topological polar surface area (TPSA) is 35.8 Å². The first-order valence-electron chi connectivity index (χ1n) is 8.99. The fraction of sp³-hybridized carbons (Fsp3) is 0.526. The number of aliphatic imine (C=N–C) groups is 1. The predicted molar refractivity (Wildman–Crippen MR) is 127 cm³/mol. The van der Waals surface area contributed by atoms with Gasteiger partial charge in [0.05, 0.1) is 11.6 Å². The molecule has 8 heteroatoms. The molecule has 2 aromatic heterocycles. The maximum Gasteiger partial charge on any atom is 0.193 e. The molecule has 0 saturated carbocycles. The summed E-state index contributed by atoms with van der Waals surface area (Å²) in [5, 5.41) is 6.51. The van der Waals surface area contributed by atoms with Crippen molar-refractivity contribution in [2.24, 2.45) is 12.0 Å². The summed E-state index contributed by atoms with van der Waals surface area (Å²) < 4.78 is 2.06. The van der Waals surface area contributed by atoms with Crippen LogP contribution in [0.25, 0.3) is 0 Å². The summed E-state index contributed by atoms with van der Waals surface area (Å²) in [6, 6.07) is 4.72. The van der Waals surface area contributed by atoms with Crippen LogP contribution in [0.15, 0.2) is 28.7 Å². The van der Waals surface area contributed by atoms with Crippen LogP contribution in [0.1, 0.15) is 23.1 Å². The molecule has 0 bridgehead atoms. The van der Waals surface area contributed by atoms with Gasteiger partial charge in [0, 0.05) is 63.6 Å². The predicted octanol–water partition coefficient (Wildman–Crippen LogP) is 3.81. The molecule has 0 fully saturated rings. The summed E-state index contributed by atoms with van der Waals surface area (Å²) in [7, 11) is 5.90. The molecule has 150 valence electrons. The monoisotopic (exact) mass is 521 g/mol. The molecule has 0 spiro atoms. The van der Waals surface area contributed by atoms with Crippen molar-refractivity contribution in [3.05, 3.63) is 44.9 Å². The molecular weight excluding hydrogens is 493 g/mol. The van der Waals surface area contributed by atoms with E-state index in [1.807, 2.05) is 37.7 Å². The first-order valence-corrected chi connectivity index (χ1v) is 10.3. The van der Waals surface area contributed by atoms with Crippen molar-refractivity contribution in [2.75, 3.05) is 27.2 Å². The van der Waals surface area contributed by atoms with E-state index in [0.29, 0.717) is 6.04 Å². The van der Waals surface area contributed by atoms with Gasteiger partial charge < -0.3 is 14.8 Å². The Labute approximate surface area is 188 Å². The normalized spacial score (nSPS) is 15.8. The maximum atomic E-state index is 6.09. The second kappa shape index (κ2) is 10.1. The molecule has 0 saturated heterocycles. The lowest BCUT2D eigenvalue weighted by atomic mass is 10.1. The van der Waals surface area contributed by atoms with E-state index in [-0.39, 0.29) is 24.0 Å². The third-order valence-electron chi connectivity index (χ3n) is 5.06. The maximum absolute atomic E-state index is 6.09. The van der Waals surface area contributed by atoms with Gasteiger partial charge >= 0.3 is 0 Å². The van der Waals surface area contributed by atoms with E-state index in [0.717, 1.165) is 42.9 Å². The standard InChI is InChI=1S/C19H28ClN5S.HI/c1-14(25-7-5-18-15(11-25)6-8-26-18)10-22-19(21-2)24(4)13-17-9-16(20)12-23(17)3;/h6,8-9,12,14H,5,7,10-11,13H2,1-4H3,(H,21,22);1H. The molecule has 1 unspecified atom stereocenters. The summed E-state index contributed by atoms with van der Waals surface area (Å²) >= 11 is 7.98. The van der Waals surface area contributed by atoms with Crippen LogP contribution in [-0.4, -0.2) is 53.6 Å². The number of aromatic nitrogens is 1. The number of nitrogens with zero attached hydrogens (tertiary/aromatic N) is 4. The Bertz CT molecular complexity index is 772. The Balaban J connectivity index is 0.00000261. The molecular formula is C19H29ClIN5S. The van der Waals surface area contributed by atoms with Crippen molar-refractivity contribution >= 4 is 52.9 Å². The van der Waals surface area contributed by atoms with E-state index in [4.69, 9.17) is 11.6 Å². The number of hydrogen-bond donors (Lipinski definition) is 1. The van der Waals surface area contributed by atoms with Gasteiger partial charge in [-0.1, -0.05) is 11.6 Å². The van der Waals surface area contributed by atoms with Crippen LogP contribution >= 0.6 is 46.9 Å². The van der Waals surface area contributed by atoms with Crippen molar-refractivity contribution in [1.29, 1.82) is 0 Å². The highest BCUT2D eigenvalue weighted by Gasteiger charge is 2.21. The second-order valence-corrected chi connectivity index (χ2v) is 8.42. The summed E-state index contributed by atoms with van der Waals surface area (Å²) in [5.74, 6) is 0.905. The SMILES string of the molecule is CN=C(NCC(C)N1CCc2sccc2C1)N(C)Cc1cc(Cl)cn1C.I. The van der Waals surface area contributed by atoms with Gasteiger partial charge in [-0.3, -0.25) is 9.89 Å². The molecule has 27 heavy (non-hydrogen) atoms. The molecule has 3 heterocycles. The van der Waals surface area contributed by atoms with E-state index in [1.165, 1.54) is 12.0 Å². The fourth-order valence-corrected chi connectivity index (χ4v) is 4.60. The van der Waals surface area contributed by atoms with Gasteiger partial charge in [-0.25, -0.2) is 0 Å². The molecule has 0 amide bonds. The number of fused-ring (bicyclic) bond motifs is 1. The lowest BCUT2D eigenvalue weighted by molar-refractivity contribution is 0.192. The van der Waals surface area contributed by atoms with Crippen LogP contribution in [-0.2, 0) is 26.6 Å². The summed E-state index contributed by atoms with van der Waals surface area (Å²) in [6.07, 6.45) is 3.10. The van der Waals surface area contributed by atoms with Crippen LogP contribution in [0.3, 0.4) is 0 Å². The Morgan fingerprint density at radius 3 is 2.93 bits per heavy atom. The minimum Gasteiger partial charge on any atom is -0.355 e. The Morgan fingerprint density at radius 1 is 1.48 bits per heavy atom. The lowest BCUT2D eigenvalue weighted by Crippen LogP contribution is -2.47. The third-order valence-corrected chi connectivity index (χ3v) is 6.29. The highest BCUT2D eigenvalue weighted by Crippen LogP contribution is 2.25. The molecule has 3 rings (SSSR count). The van der Waals surface area contributed by atoms with Crippen LogP contribution in [0.5, 0.6) is 0 Å². The van der Waals surface area contributed by atoms with Crippen molar-refractivity contribution in [3.63, 3.8) is 0 Å². The number of aryl methyl sites for hydroxylation is 1. The zero-order valence-corrected chi connectivity index (χ0v) is 20.3. The molecule has 1 atom stereocenters. The molecule has 1 aliphatic heterocycles. The van der Waals surface area contributed by atoms with Gasteiger partial charge in [0.25, 0.3) is 0 Å². The first kappa shape index (κ1) is 22.5. The van der Waals surface area contributed by atoms with E-state index < -0.39 is 0 Å². The van der Waals surface area contributed by atoms with Gasteiger partial charge in [0.1, 0.15) is 0 Å². The zero-order chi connectivity index (χ0) is 18.7. The van der Waals surface area contributed by atoms with Gasteiger partial charge in [-0.05, 0) is 36.4 Å². The Hall–Kier alpha value is -0.770. The van der Waals surface area contributed by atoms with Gasteiger partial charge in [0.2, 0.25) is 0 Å². The van der Waals surface area contributed by atoms with Crippen LogP contribution < -0.4 is 5.32 Å². The number of rotatable bonds is 5. The smallest absolute Gasteiger partial charge is 0.193 e. The van der Waals surface area contributed by atoms with Crippen LogP contribution in [0.4, 0.5) is 0 Å². The molecule has 1 N–H and O–H groups in total. The highest BCUT2D eigenvalue weighted by molar-refractivity contribution is 14.0.